The van der Waals surface area contributed by atoms with E-state index in [0.717, 1.165) is 21.3 Å². The van der Waals surface area contributed by atoms with Gasteiger partial charge < -0.3 is 24.1 Å². The number of fused-ring (bicyclic) bond motifs is 2. The van der Waals surface area contributed by atoms with Gasteiger partial charge in [-0.05, 0) is 73.9 Å². The van der Waals surface area contributed by atoms with Crippen molar-refractivity contribution in [1.82, 2.24) is 4.98 Å². The van der Waals surface area contributed by atoms with Crippen molar-refractivity contribution >= 4 is 44.1 Å². The van der Waals surface area contributed by atoms with E-state index < -0.39 is 17.7 Å². The first kappa shape index (κ1) is 28.3. The number of Topliss-reactive ketones (excluding diaryl/α,β-unsaturated/α-hetero) is 1. The zero-order chi connectivity index (χ0) is 30.2. The summed E-state index contributed by atoms with van der Waals surface area (Å²) in [4.78, 5) is 33.7. The second kappa shape index (κ2) is 11.4. The number of hydrogen-bond acceptors (Lipinski definition) is 9. The zero-order valence-electron chi connectivity index (χ0n) is 24.0. The summed E-state index contributed by atoms with van der Waals surface area (Å²) in [6, 6.07) is 13.1. The number of benzene rings is 3. The lowest BCUT2D eigenvalue weighted by Gasteiger charge is -2.24. The standard InChI is InChI=1S/C33H30N2O7S/c1-5-11-40-22-9-7-20(16-24(22)39-6-2)29-27(30(36)21-8-10-23-25(17-21)42-13-12-41-23)31(37)32(38)35(29)33-34-28-19(4)14-18(3)15-26(28)43-33/h5,7-10,14-17,29,36H,1,6,11-13H2,2-4H3/t29-/m1/s1. The molecule has 0 radical (unpaired) electrons. The number of thiazole rings is 1. The quantitative estimate of drug-likeness (QED) is 0.109. The number of hydrogen-bond donors (Lipinski definition) is 1. The molecule has 0 aliphatic carbocycles. The van der Waals surface area contributed by atoms with Crippen molar-refractivity contribution in [2.45, 2.75) is 26.8 Å². The minimum Gasteiger partial charge on any atom is -0.507 e. The van der Waals surface area contributed by atoms with Crippen LogP contribution in [0, 0.1) is 13.8 Å². The van der Waals surface area contributed by atoms with Gasteiger partial charge in [-0.1, -0.05) is 36.1 Å². The minimum atomic E-state index is -0.997. The topological polar surface area (TPSA) is 107 Å². The average molecular weight is 599 g/mol. The van der Waals surface area contributed by atoms with Gasteiger partial charge >= 0.3 is 5.91 Å². The predicted octanol–water partition coefficient (Wildman–Crippen LogP) is 6.27. The fraction of sp³-hybridized carbons (Fsp3) is 0.242. The molecule has 43 heavy (non-hydrogen) atoms. The number of aliphatic hydroxyl groups is 1. The fourth-order valence-corrected chi connectivity index (χ4v) is 6.55. The first-order chi connectivity index (χ1) is 20.8. The van der Waals surface area contributed by atoms with Crippen molar-refractivity contribution in [3.63, 3.8) is 0 Å². The van der Waals surface area contributed by atoms with Crippen molar-refractivity contribution in [3.8, 4) is 23.0 Å². The maximum Gasteiger partial charge on any atom is 0.301 e. The van der Waals surface area contributed by atoms with Crippen molar-refractivity contribution in [3.05, 3.63) is 89.0 Å². The molecule has 1 atom stereocenters. The summed E-state index contributed by atoms with van der Waals surface area (Å²) in [5.74, 6) is -0.0439. The van der Waals surface area contributed by atoms with E-state index in [1.54, 1.807) is 42.5 Å². The Morgan fingerprint density at radius 3 is 2.63 bits per heavy atom. The summed E-state index contributed by atoms with van der Waals surface area (Å²) in [5, 5.41) is 12.0. The van der Waals surface area contributed by atoms with Crippen LogP contribution in [0.2, 0.25) is 0 Å². The first-order valence-electron chi connectivity index (χ1n) is 13.9. The molecule has 4 aromatic rings. The van der Waals surface area contributed by atoms with Crippen LogP contribution in [-0.2, 0) is 9.59 Å². The van der Waals surface area contributed by atoms with E-state index in [1.807, 2.05) is 32.9 Å². The van der Waals surface area contributed by atoms with Gasteiger partial charge in [0.05, 0.1) is 28.4 Å². The molecule has 220 valence electrons. The average Bonchev–Trinajstić information content (AvgIpc) is 3.54. The van der Waals surface area contributed by atoms with Crippen molar-refractivity contribution in [1.29, 1.82) is 0 Å². The number of ketones is 1. The Bertz CT molecular complexity index is 1810. The van der Waals surface area contributed by atoms with Crippen LogP contribution in [0.4, 0.5) is 5.13 Å². The molecule has 3 heterocycles. The van der Waals surface area contributed by atoms with Crippen LogP contribution in [0.1, 0.15) is 35.2 Å². The van der Waals surface area contributed by atoms with Crippen LogP contribution in [0.5, 0.6) is 23.0 Å². The van der Waals surface area contributed by atoms with Crippen molar-refractivity contribution in [2.75, 3.05) is 31.3 Å². The Kier molecular flexibility index (Phi) is 7.53. The molecule has 6 rings (SSSR count). The SMILES string of the molecule is C=CCOc1ccc([C@@H]2C(=C(O)c3ccc4c(c3)OCCO4)C(=O)C(=O)N2c2nc3c(C)cc(C)cc3s2)cc1OCC. The molecule has 10 heteroatoms. The minimum absolute atomic E-state index is 0.0731. The number of anilines is 1. The summed E-state index contributed by atoms with van der Waals surface area (Å²) in [6.07, 6.45) is 1.63. The summed E-state index contributed by atoms with van der Waals surface area (Å²) in [6.45, 7) is 10.9. The van der Waals surface area contributed by atoms with Gasteiger partial charge in [0.15, 0.2) is 28.1 Å². The normalized spacial score (nSPS) is 17.4. The van der Waals surface area contributed by atoms with Crippen molar-refractivity contribution < 1.29 is 33.6 Å². The molecule has 1 aromatic heterocycles. The Balaban J connectivity index is 1.55. The molecule has 0 bridgehead atoms. The van der Waals surface area contributed by atoms with Crippen LogP contribution in [-0.4, -0.2) is 48.2 Å². The number of aromatic nitrogens is 1. The molecule has 0 saturated carbocycles. The maximum absolute atomic E-state index is 13.8. The molecule has 0 spiro atoms. The van der Waals surface area contributed by atoms with Gasteiger partial charge in [-0.25, -0.2) is 4.98 Å². The Labute approximate surface area is 252 Å². The van der Waals surface area contributed by atoms with Crippen LogP contribution in [0.25, 0.3) is 16.0 Å². The van der Waals surface area contributed by atoms with Gasteiger partial charge in [0.25, 0.3) is 5.78 Å². The highest BCUT2D eigenvalue weighted by Crippen LogP contribution is 2.47. The molecular formula is C33H30N2O7S. The van der Waals surface area contributed by atoms with Crippen LogP contribution in [0.15, 0.2) is 66.8 Å². The highest BCUT2D eigenvalue weighted by molar-refractivity contribution is 7.22. The summed E-state index contributed by atoms with van der Waals surface area (Å²) in [5.41, 5.74) is 3.56. The lowest BCUT2D eigenvalue weighted by Crippen LogP contribution is -2.29. The summed E-state index contributed by atoms with van der Waals surface area (Å²) < 4.78 is 23.9. The first-order valence-corrected chi connectivity index (χ1v) is 14.7. The monoisotopic (exact) mass is 598 g/mol. The molecule has 0 unspecified atom stereocenters. The van der Waals surface area contributed by atoms with Crippen molar-refractivity contribution in [2.24, 2.45) is 0 Å². The fourth-order valence-electron chi connectivity index (χ4n) is 5.38. The van der Waals surface area contributed by atoms with Gasteiger partial charge in [-0.2, -0.15) is 0 Å². The van der Waals surface area contributed by atoms with Crippen LogP contribution < -0.4 is 23.8 Å². The molecule has 2 aliphatic heterocycles. The number of carbonyl (C=O) groups is 2. The van der Waals surface area contributed by atoms with Gasteiger partial charge in [-0.15, -0.1) is 0 Å². The summed E-state index contributed by atoms with van der Waals surface area (Å²) in [7, 11) is 0. The number of ether oxygens (including phenoxy) is 4. The predicted molar refractivity (Wildman–Crippen MR) is 165 cm³/mol. The number of amides is 1. The highest BCUT2D eigenvalue weighted by Gasteiger charge is 2.48. The van der Waals surface area contributed by atoms with Crippen LogP contribution >= 0.6 is 11.3 Å². The molecule has 1 saturated heterocycles. The zero-order valence-corrected chi connectivity index (χ0v) is 24.8. The van der Waals surface area contributed by atoms with Gasteiger partial charge in [0.1, 0.15) is 25.6 Å². The second-order valence-electron chi connectivity index (χ2n) is 10.2. The lowest BCUT2D eigenvalue weighted by atomic mass is 9.95. The molecule has 9 nitrogen and oxygen atoms in total. The second-order valence-corrected chi connectivity index (χ2v) is 11.2. The smallest absolute Gasteiger partial charge is 0.301 e. The molecular weight excluding hydrogens is 568 g/mol. The third-order valence-corrected chi connectivity index (χ3v) is 8.23. The lowest BCUT2D eigenvalue weighted by molar-refractivity contribution is -0.132. The number of carbonyl (C=O) groups excluding carboxylic acids is 2. The van der Waals surface area contributed by atoms with E-state index in [2.05, 4.69) is 6.58 Å². The molecule has 3 aromatic carbocycles. The van der Waals surface area contributed by atoms with E-state index >= 15 is 0 Å². The number of nitrogens with zero attached hydrogens (tertiary/aromatic N) is 2. The van der Waals surface area contributed by atoms with E-state index in [-0.39, 0.29) is 17.9 Å². The maximum atomic E-state index is 13.8. The molecule has 1 amide bonds. The van der Waals surface area contributed by atoms with Gasteiger partial charge in [-0.3, -0.25) is 14.5 Å². The Morgan fingerprint density at radius 1 is 1.07 bits per heavy atom. The number of rotatable bonds is 8. The van der Waals surface area contributed by atoms with Gasteiger partial charge in [0, 0.05) is 5.56 Å². The number of aliphatic hydroxyl groups excluding tert-OH is 1. The third kappa shape index (κ3) is 5.08. The van der Waals surface area contributed by atoms with Gasteiger partial charge in [0.2, 0.25) is 0 Å². The number of aryl methyl sites for hydroxylation is 2. The Hall–Kier alpha value is -4.83. The van der Waals surface area contributed by atoms with E-state index in [0.29, 0.717) is 59.1 Å². The molecule has 1 N–H and O–H groups in total. The Morgan fingerprint density at radius 2 is 1.86 bits per heavy atom. The summed E-state index contributed by atoms with van der Waals surface area (Å²) >= 11 is 1.32. The van der Waals surface area contributed by atoms with E-state index in [4.69, 9.17) is 23.9 Å². The highest BCUT2D eigenvalue weighted by atomic mass is 32.1. The van der Waals surface area contributed by atoms with E-state index in [9.17, 15) is 14.7 Å². The molecule has 2 aliphatic rings. The third-order valence-electron chi connectivity index (χ3n) is 7.22. The molecule has 1 fully saturated rings. The van der Waals surface area contributed by atoms with Crippen LogP contribution in [0.3, 0.4) is 0 Å². The largest absolute Gasteiger partial charge is 0.507 e. The van der Waals surface area contributed by atoms with E-state index in [1.165, 1.54) is 16.2 Å².